The highest BCUT2D eigenvalue weighted by Gasteiger charge is 2.65. The molecule has 0 unspecified atom stereocenters. The van der Waals surface area contributed by atoms with Crippen LogP contribution < -0.4 is 4.74 Å². The van der Waals surface area contributed by atoms with Gasteiger partial charge in [0, 0.05) is 18.0 Å². The fraction of sp³-hybridized carbons (Fsp3) is 0.542. The minimum absolute atomic E-state index is 0.0471. The average Bonchev–Trinajstić information content (AvgIpc) is 3.19. The first-order chi connectivity index (χ1) is 13.1. The van der Waals surface area contributed by atoms with Gasteiger partial charge in [-0.25, -0.2) is 0 Å². The van der Waals surface area contributed by atoms with Crippen LogP contribution in [0.2, 0.25) is 0 Å². The van der Waals surface area contributed by atoms with Gasteiger partial charge in [-0.15, -0.1) is 0 Å². The first kappa shape index (κ1) is 16.0. The Morgan fingerprint density at radius 3 is 2.96 bits per heavy atom. The maximum atomic E-state index is 9.88. The molecule has 3 heteroatoms. The number of fused-ring (bicyclic) bond motifs is 7. The van der Waals surface area contributed by atoms with E-state index in [4.69, 9.17) is 4.74 Å². The van der Waals surface area contributed by atoms with Crippen molar-refractivity contribution in [3.05, 3.63) is 53.3 Å². The molecule has 1 N–H and O–H groups in total. The third kappa shape index (κ3) is 2.00. The van der Waals surface area contributed by atoms with Gasteiger partial charge in [-0.1, -0.05) is 13.0 Å². The Balaban J connectivity index is 1.36. The summed E-state index contributed by atoms with van der Waals surface area (Å²) in [6, 6.07) is 10.2. The van der Waals surface area contributed by atoms with Crippen molar-refractivity contribution in [2.45, 2.75) is 63.4 Å². The van der Waals surface area contributed by atoms with E-state index in [9.17, 15) is 5.11 Å². The van der Waals surface area contributed by atoms with Gasteiger partial charge >= 0.3 is 0 Å². The molecule has 6 rings (SSSR count). The number of ether oxygens (including phenoxy) is 1. The van der Waals surface area contributed by atoms with Crippen LogP contribution in [-0.4, -0.2) is 15.7 Å². The molecule has 0 saturated heterocycles. The van der Waals surface area contributed by atoms with Crippen LogP contribution in [0.1, 0.15) is 61.8 Å². The minimum atomic E-state index is -0.0471. The molecule has 1 aromatic heterocycles. The number of hydrogen-bond donors (Lipinski definition) is 1. The number of benzene rings is 1. The first-order valence-electron chi connectivity index (χ1n) is 10.5. The number of rotatable bonds is 0. The van der Waals surface area contributed by atoms with Gasteiger partial charge in [-0.3, -0.25) is 4.98 Å². The predicted octanol–water partition coefficient (Wildman–Crippen LogP) is 5.02. The van der Waals surface area contributed by atoms with Gasteiger partial charge in [0.1, 0.15) is 17.1 Å². The van der Waals surface area contributed by atoms with E-state index < -0.39 is 0 Å². The van der Waals surface area contributed by atoms with Crippen molar-refractivity contribution in [1.82, 2.24) is 4.98 Å². The molecular weight excluding hydrogens is 334 g/mol. The molecule has 0 amide bonds. The minimum Gasteiger partial charge on any atom is -0.508 e. The number of aromatic nitrogens is 1. The van der Waals surface area contributed by atoms with Crippen LogP contribution in [-0.2, 0) is 12.8 Å². The SMILES string of the molecule is C[C@]12CC[C@@H]3c4ccc(O)cc4CC[C@H]3[C@@H]1CC[C@]21Cc2ncccc2O1. The molecule has 1 spiro atoms. The molecule has 1 aromatic carbocycles. The Morgan fingerprint density at radius 1 is 1.15 bits per heavy atom. The van der Waals surface area contributed by atoms with Crippen LogP contribution in [0.3, 0.4) is 0 Å². The van der Waals surface area contributed by atoms with Crippen molar-refractivity contribution >= 4 is 0 Å². The molecule has 1 aliphatic heterocycles. The molecule has 3 nitrogen and oxygen atoms in total. The molecule has 4 aliphatic rings. The summed E-state index contributed by atoms with van der Waals surface area (Å²) in [7, 11) is 0. The maximum absolute atomic E-state index is 9.88. The van der Waals surface area contributed by atoms with Crippen LogP contribution in [0.25, 0.3) is 0 Å². The smallest absolute Gasteiger partial charge is 0.141 e. The van der Waals surface area contributed by atoms with E-state index in [2.05, 4.69) is 24.0 Å². The third-order valence-electron chi connectivity index (χ3n) is 8.61. The molecule has 2 saturated carbocycles. The molecule has 0 radical (unpaired) electrons. The summed E-state index contributed by atoms with van der Waals surface area (Å²) in [4.78, 5) is 4.62. The summed E-state index contributed by atoms with van der Waals surface area (Å²) >= 11 is 0. The van der Waals surface area contributed by atoms with E-state index >= 15 is 0 Å². The quantitative estimate of drug-likeness (QED) is 0.717. The highest BCUT2D eigenvalue weighted by atomic mass is 16.5. The average molecular weight is 361 g/mol. The Morgan fingerprint density at radius 2 is 2.07 bits per heavy atom. The summed E-state index contributed by atoms with van der Waals surface area (Å²) in [5.41, 5.74) is 4.23. The van der Waals surface area contributed by atoms with E-state index in [1.54, 1.807) is 0 Å². The Hall–Kier alpha value is -2.03. The molecule has 2 heterocycles. The zero-order chi connectivity index (χ0) is 18.2. The van der Waals surface area contributed by atoms with Crippen molar-refractivity contribution in [3.63, 3.8) is 0 Å². The van der Waals surface area contributed by atoms with Gasteiger partial charge in [0.2, 0.25) is 0 Å². The number of phenols is 1. The summed E-state index contributed by atoms with van der Waals surface area (Å²) in [6.07, 6.45) is 10.2. The molecule has 140 valence electrons. The van der Waals surface area contributed by atoms with Crippen molar-refractivity contribution < 1.29 is 9.84 Å². The van der Waals surface area contributed by atoms with Crippen LogP contribution in [0.5, 0.6) is 11.5 Å². The third-order valence-corrected chi connectivity index (χ3v) is 8.61. The Labute approximate surface area is 160 Å². The van der Waals surface area contributed by atoms with Gasteiger partial charge < -0.3 is 9.84 Å². The second kappa shape index (κ2) is 5.27. The van der Waals surface area contributed by atoms with Gasteiger partial charge in [0.15, 0.2) is 0 Å². The second-order valence-corrected chi connectivity index (χ2v) is 9.51. The molecule has 2 aromatic rings. The fourth-order valence-electron chi connectivity index (χ4n) is 7.29. The largest absolute Gasteiger partial charge is 0.508 e. The normalized spacial score (nSPS) is 38.6. The number of aryl methyl sites for hydroxylation is 1. The van der Waals surface area contributed by atoms with Crippen molar-refractivity contribution in [2.75, 3.05) is 0 Å². The molecular formula is C24H27NO2. The number of phenolic OH excluding ortho intramolecular Hbond substituents is 1. The number of aromatic hydroxyl groups is 1. The molecule has 3 aliphatic carbocycles. The van der Waals surface area contributed by atoms with Crippen LogP contribution in [0.15, 0.2) is 36.5 Å². The monoisotopic (exact) mass is 361 g/mol. The second-order valence-electron chi connectivity index (χ2n) is 9.51. The topological polar surface area (TPSA) is 42.4 Å². The van der Waals surface area contributed by atoms with E-state index in [-0.39, 0.29) is 11.0 Å². The van der Waals surface area contributed by atoms with Crippen molar-refractivity contribution in [2.24, 2.45) is 17.3 Å². The maximum Gasteiger partial charge on any atom is 0.141 e. The lowest BCUT2D eigenvalue weighted by Gasteiger charge is -2.53. The van der Waals surface area contributed by atoms with Gasteiger partial charge in [-0.05, 0) is 91.7 Å². The standard InChI is InChI=1S/C24H27NO2/c1-23-10-8-18-17-7-5-16(26)13-15(17)4-6-19(18)20(23)9-11-24(23)14-21-22(27-24)3-2-12-25-21/h2-3,5,7,12-13,18-20,26H,4,6,8-11,14H2,1H3/t18-,19-,20+,23+,24+/m1/s1. The van der Waals surface area contributed by atoms with E-state index in [1.165, 1.54) is 36.8 Å². The lowest BCUT2D eigenvalue weighted by molar-refractivity contribution is -0.0725. The summed E-state index contributed by atoms with van der Waals surface area (Å²) in [5, 5.41) is 9.88. The Bertz CT molecular complexity index is 897. The highest BCUT2D eigenvalue weighted by molar-refractivity contribution is 5.41. The van der Waals surface area contributed by atoms with Gasteiger partial charge in [0.05, 0.1) is 5.69 Å². The highest BCUT2D eigenvalue weighted by Crippen LogP contribution is 2.67. The number of nitrogens with zero attached hydrogens (tertiary/aromatic N) is 1. The lowest BCUT2D eigenvalue weighted by Crippen LogP contribution is -2.53. The Kier molecular flexibility index (Phi) is 3.12. The summed E-state index contributed by atoms with van der Waals surface area (Å²) in [6.45, 7) is 2.51. The van der Waals surface area contributed by atoms with Gasteiger partial charge in [-0.2, -0.15) is 0 Å². The number of hydrogen-bond acceptors (Lipinski definition) is 3. The fourth-order valence-corrected chi connectivity index (χ4v) is 7.29. The summed E-state index contributed by atoms with van der Waals surface area (Å²) in [5.74, 6) is 3.57. The zero-order valence-corrected chi connectivity index (χ0v) is 15.9. The van der Waals surface area contributed by atoms with Crippen LogP contribution >= 0.6 is 0 Å². The molecule has 5 atom stereocenters. The molecule has 27 heavy (non-hydrogen) atoms. The lowest BCUT2D eigenvalue weighted by atomic mass is 9.53. The number of pyridine rings is 1. The van der Waals surface area contributed by atoms with E-state index in [0.717, 1.165) is 42.5 Å². The summed E-state index contributed by atoms with van der Waals surface area (Å²) < 4.78 is 6.70. The zero-order valence-electron chi connectivity index (χ0n) is 15.9. The van der Waals surface area contributed by atoms with Crippen molar-refractivity contribution in [3.8, 4) is 11.5 Å². The van der Waals surface area contributed by atoms with E-state index in [1.807, 2.05) is 24.4 Å². The molecule has 0 bridgehead atoms. The van der Waals surface area contributed by atoms with Crippen LogP contribution in [0.4, 0.5) is 0 Å². The molecule has 2 fully saturated rings. The van der Waals surface area contributed by atoms with Crippen LogP contribution in [0, 0.1) is 17.3 Å². The van der Waals surface area contributed by atoms with Gasteiger partial charge in [0.25, 0.3) is 0 Å². The van der Waals surface area contributed by atoms with E-state index in [0.29, 0.717) is 11.7 Å². The predicted molar refractivity (Wildman–Crippen MR) is 104 cm³/mol. The van der Waals surface area contributed by atoms with Crippen molar-refractivity contribution in [1.29, 1.82) is 0 Å². The first-order valence-corrected chi connectivity index (χ1v) is 10.5.